The van der Waals surface area contributed by atoms with Crippen LogP contribution in [0, 0.1) is 6.92 Å². The smallest absolute Gasteiger partial charge is 0.341 e. The van der Waals surface area contributed by atoms with E-state index in [9.17, 15) is 4.79 Å². The van der Waals surface area contributed by atoms with Crippen molar-refractivity contribution < 1.29 is 9.53 Å². The van der Waals surface area contributed by atoms with Crippen molar-refractivity contribution in [2.45, 2.75) is 20.4 Å². The Bertz CT molecular complexity index is 612. The Morgan fingerprint density at radius 2 is 2.35 bits per heavy atom. The van der Waals surface area contributed by atoms with Crippen LogP contribution in [0.25, 0.3) is 0 Å². The summed E-state index contributed by atoms with van der Waals surface area (Å²) in [5.41, 5.74) is 7.32. The van der Waals surface area contributed by atoms with Crippen LogP contribution in [0.4, 0.5) is 11.5 Å². The summed E-state index contributed by atoms with van der Waals surface area (Å²) in [6, 6.07) is 1.56. The first-order valence-electron chi connectivity index (χ1n) is 6.17. The lowest BCUT2D eigenvalue weighted by atomic mass is 10.2. The Morgan fingerprint density at radius 1 is 1.55 bits per heavy atom. The van der Waals surface area contributed by atoms with E-state index in [-0.39, 0.29) is 0 Å². The van der Waals surface area contributed by atoms with Gasteiger partial charge in [0, 0.05) is 5.38 Å². The van der Waals surface area contributed by atoms with Gasteiger partial charge in [-0.2, -0.15) is 0 Å². The first-order valence-corrected chi connectivity index (χ1v) is 7.05. The number of aryl methyl sites for hydroxylation is 1. The maximum Gasteiger partial charge on any atom is 0.341 e. The van der Waals surface area contributed by atoms with Gasteiger partial charge >= 0.3 is 5.97 Å². The first kappa shape index (κ1) is 14.3. The van der Waals surface area contributed by atoms with E-state index in [4.69, 9.17) is 10.5 Å². The van der Waals surface area contributed by atoms with Gasteiger partial charge in [-0.1, -0.05) is 0 Å². The number of carbonyl (C=O) groups is 1. The molecule has 20 heavy (non-hydrogen) atoms. The highest BCUT2D eigenvalue weighted by molar-refractivity contribution is 7.09. The molecule has 0 fully saturated rings. The molecule has 106 valence electrons. The molecular weight excluding hydrogens is 276 g/mol. The first-order chi connectivity index (χ1) is 9.60. The van der Waals surface area contributed by atoms with E-state index in [0.29, 0.717) is 30.2 Å². The van der Waals surface area contributed by atoms with Crippen molar-refractivity contribution in [2.75, 3.05) is 17.7 Å². The summed E-state index contributed by atoms with van der Waals surface area (Å²) in [5.74, 6) is 0.00700. The van der Waals surface area contributed by atoms with Gasteiger partial charge in [-0.25, -0.2) is 14.8 Å². The number of pyridine rings is 1. The predicted molar refractivity (Wildman–Crippen MR) is 78.8 cm³/mol. The molecule has 0 aliphatic carbocycles. The second kappa shape index (κ2) is 6.33. The highest BCUT2D eigenvalue weighted by Crippen LogP contribution is 2.18. The van der Waals surface area contributed by atoms with E-state index in [0.717, 1.165) is 10.7 Å². The molecule has 2 aromatic rings. The molecule has 0 saturated heterocycles. The molecule has 0 spiro atoms. The molecule has 0 aliphatic rings. The van der Waals surface area contributed by atoms with Crippen molar-refractivity contribution in [1.82, 2.24) is 9.97 Å². The fraction of sp³-hybridized carbons (Fsp3) is 0.308. The molecule has 6 nitrogen and oxygen atoms in total. The Labute approximate surface area is 121 Å². The standard InChI is InChI=1S/C13H16N4O2S/c1-3-19-13(18)11-4-9(14)5-15-12(11)16-6-10-7-20-8(2)17-10/h4-5,7H,3,6,14H2,1-2H3,(H,15,16). The van der Waals surface area contributed by atoms with Crippen LogP contribution in [0.1, 0.15) is 28.0 Å². The number of esters is 1. The lowest BCUT2D eigenvalue weighted by Crippen LogP contribution is -2.12. The molecule has 2 heterocycles. The fourth-order valence-corrected chi connectivity index (χ4v) is 2.26. The van der Waals surface area contributed by atoms with Crippen LogP contribution >= 0.6 is 11.3 Å². The van der Waals surface area contributed by atoms with Crippen molar-refractivity contribution in [3.05, 3.63) is 33.9 Å². The molecule has 7 heteroatoms. The van der Waals surface area contributed by atoms with E-state index in [1.165, 1.54) is 6.20 Å². The van der Waals surface area contributed by atoms with Gasteiger partial charge in [0.05, 0.1) is 35.7 Å². The fourth-order valence-electron chi connectivity index (χ4n) is 1.65. The van der Waals surface area contributed by atoms with E-state index < -0.39 is 5.97 Å². The highest BCUT2D eigenvalue weighted by atomic mass is 32.1. The number of thiazole rings is 1. The minimum atomic E-state index is -0.441. The molecule has 0 bridgehead atoms. The average molecular weight is 292 g/mol. The highest BCUT2D eigenvalue weighted by Gasteiger charge is 2.14. The predicted octanol–water partition coefficient (Wildman–Crippen LogP) is 2.22. The minimum absolute atomic E-state index is 0.304. The third kappa shape index (κ3) is 3.45. The lowest BCUT2D eigenvalue weighted by molar-refractivity contribution is 0.0527. The summed E-state index contributed by atoms with van der Waals surface area (Å²) >= 11 is 1.58. The number of carbonyl (C=O) groups excluding carboxylic acids is 1. The van der Waals surface area contributed by atoms with Crippen molar-refractivity contribution in [2.24, 2.45) is 0 Å². The molecule has 0 amide bonds. The van der Waals surface area contributed by atoms with Crippen molar-refractivity contribution in [3.63, 3.8) is 0 Å². The van der Waals surface area contributed by atoms with E-state index in [1.54, 1.807) is 24.3 Å². The van der Waals surface area contributed by atoms with Crippen LogP contribution in [-0.2, 0) is 11.3 Å². The van der Waals surface area contributed by atoms with Crippen LogP contribution in [0.15, 0.2) is 17.6 Å². The molecule has 0 aromatic carbocycles. The largest absolute Gasteiger partial charge is 0.462 e. The van der Waals surface area contributed by atoms with Gasteiger partial charge in [0.15, 0.2) is 0 Å². The zero-order valence-corrected chi connectivity index (χ0v) is 12.2. The van der Waals surface area contributed by atoms with Gasteiger partial charge in [0.25, 0.3) is 0 Å². The number of nitrogens with zero attached hydrogens (tertiary/aromatic N) is 2. The molecule has 0 unspecified atom stereocenters. The maximum absolute atomic E-state index is 11.9. The number of hydrogen-bond donors (Lipinski definition) is 2. The number of anilines is 2. The molecule has 2 rings (SSSR count). The van der Waals surface area contributed by atoms with Crippen molar-refractivity contribution >= 4 is 28.8 Å². The number of nitrogens with two attached hydrogens (primary N) is 1. The number of nitrogens with one attached hydrogen (secondary N) is 1. The van der Waals surface area contributed by atoms with Crippen molar-refractivity contribution in [1.29, 1.82) is 0 Å². The summed E-state index contributed by atoms with van der Waals surface area (Å²) in [7, 11) is 0. The van der Waals surface area contributed by atoms with Crippen LogP contribution in [-0.4, -0.2) is 22.5 Å². The SMILES string of the molecule is CCOC(=O)c1cc(N)cnc1NCc1csc(C)n1. The Kier molecular flexibility index (Phi) is 4.52. The van der Waals surface area contributed by atoms with E-state index in [2.05, 4.69) is 15.3 Å². The third-order valence-corrected chi connectivity index (χ3v) is 3.33. The zero-order chi connectivity index (χ0) is 14.5. The number of rotatable bonds is 5. The molecular formula is C13H16N4O2S. The van der Waals surface area contributed by atoms with Gasteiger partial charge in [0.2, 0.25) is 0 Å². The van der Waals surface area contributed by atoms with E-state index in [1.807, 2.05) is 12.3 Å². The summed E-state index contributed by atoms with van der Waals surface area (Å²) in [5, 5.41) is 6.05. The lowest BCUT2D eigenvalue weighted by Gasteiger charge is -2.10. The number of hydrogen-bond acceptors (Lipinski definition) is 7. The van der Waals surface area contributed by atoms with Gasteiger partial charge < -0.3 is 15.8 Å². The quantitative estimate of drug-likeness (QED) is 0.821. The molecule has 0 saturated carbocycles. The minimum Gasteiger partial charge on any atom is -0.462 e. The number of ether oxygens (including phenoxy) is 1. The number of nitrogen functional groups attached to an aromatic ring is 1. The maximum atomic E-state index is 11.9. The van der Waals surface area contributed by atoms with Crippen molar-refractivity contribution in [3.8, 4) is 0 Å². The molecule has 0 radical (unpaired) electrons. The summed E-state index contributed by atoms with van der Waals surface area (Å²) < 4.78 is 4.99. The number of aromatic nitrogens is 2. The molecule has 2 aromatic heterocycles. The normalized spacial score (nSPS) is 10.3. The summed E-state index contributed by atoms with van der Waals surface area (Å²) in [4.78, 5) is 20.3. The van der Waals surface area contributed by atoms with Gasteiger partial charge in [-0.15, -0.1) is 11.3 Å². The summed E-state index contributed by atoms with van der Waals surface area (Å²) in [6.45, 7) is 4.49. The Hall–Kier alpha value is -2.15. The van der Waals surface area contributed by atoms with E-state index >= 15 is 0 Å². The second-order valence-electron chi connectivity index (χ2n) is 4.10. The van der Waals surface area contributed by atoms with Crippen LogP contribution in [0.5, 0.6) is 0 Å². The third-order valence-electron chi connectivity index (χ3n) is 2.51. The Balaban J connectivity index is 2.16. The second-order valence-corrected chi connectivity index (χ2v) is 5.16. The van der Waals surface area contributed by atoms with Crippen LogP contribution < -0.4 is 11.1 Å². The molecule has 0 atom stereocenters. The average Bonchev–Trinajstić information content (AvgIpc) is 2.83. The Morgan fingerprint density at radius 3 is 3.00 bits per heavy atom. The zero-order valence-electron chi connectivity index (χ0n) is 11.3. The van der Waals surface area contributed by atoms with Gasteiger partial charge in [-0.3, -0.25) is 0 Å². The topological polar surface area (TPSA) is 90.1 Å². The van der Waals surface area contributed by atoms with Gasteiger partial charge in [-0.05, 0) is 19.9 Å². The van der Waals surface area contributed by atoms with Crippen LogP contribution in [0.3, 0.4) is 0 Å². The van der Waals surface area contributed by atoms with Gasteiger partial charge in [0.1, 0.15) is 11.4 Å². The summed E-state index contributed by atoms with van der Waals surface area (Å²) in [6.07, 6.45) is 1.50. The molecule has 3 N–H and O–H groups in total. The van der Waals surface area contributed by atoms with Crippen LogP contribution in [0.2, 0.25) is 0 Å². The molecule has 0 aliphatic heterocycles. The monoisotopic (exact) mass is 292 g/mol.